The summed E-state index contributed by atoms with van der Waals surface area (Å²) in [5.74, 6) is 2.26. The summed E-state index contributed by atoms with van der Waals surface area (Å²) >= 11 is 0. The van der Waals surface area contributed by atoms with E-state index in [9.17, 15) is 10.0 Å². The van der Waals surface area contributed by atoms with E-state index in [1.54, 1.807) is 0 Å². The van der Waals surface area contributed by atoms with E-state index in [4.69, 9.17) is 4.84 Å². The summed E-state index contributed by atoms with van der Waals surface area (Å²) in [6.07, 6.45) is 8.85. The minimum absolute atomic E-state index is 0.130. The molecular formula is C23H35N3O3. The van der Waals surface area contributed by atoms with E-state index in [0.717, 1.165) is 82.3 Å². The standard InChI is InChI=1S/C23H35N3O3/c1-22-8-5-14(26-29-15-7-10-24-13-15)11-19(22)20(25-28)12-16-17-3-4-21(27)23(17,2)9-6-18(16)22/h15-19,24,28H,3-13H2,1-2H3/b25-20+,26-14+/t15-,16+,17+,18+,19-,22-,23+/m1/s1. The lowest BCUT2D eigenvalue weighted by Crippen LogP contribution is -2.56. The van der Waals surface area contributed by atoms with Crippen LogP contribution < -0.4 is 5.32 Å². The summed E-state index contributed by atoms with van der Waals surface area (Å²) < 4.78 is 0. The molecule has 0 amide bonds. The van der Waals surface area contributed by atoms with Crippen molar-refractivity contribution in [2.24, 2.45) is 44.8 Å². The van der Waals surface area contributed by atoms with E-state index in [1.165, 1.54) is 0 Å². The average Bonchev–Trinajstić information content (AvgIpc) is 3.34. The van der Waals surface area contributed by atoms with E-state index < -0.39 is 0 Å². The lowest BCUT2D eigenvalue weighted by atomic mass is 9.45. The number of carbonyl (C=O) groups is 1. The Morgan fingerprint density at radius 2 is 1.97 bits per heavy atom. The van der Waals surface area contributed by atoms with Gasteiger partial charge in [-0.05, 0) is 74.7 Å². The minimum Gasteiger partial charge on any atom is -0.411 e. The van der Waals surface area contributed by atoms with Crippen molar-refractivity contribution in [1.29, 1.82) is 0 Å². The Morgan fingerprint density at radius 1 is 1.10 bits per heavy atom. The molecule has 6 nitrogen and oxygen atoms in total. The van der Waals surface area contributed by atoms with Crippen molar-refractivity contribution in [2.75, 3.05) is 13.1 Å². The molecule has 5 fully saturated rings. The largest absolute Gasteiger partial charge is 0.411 e. The quantitative estimate of drug-likeness (QED) is 0.545. The Bertz CT molecular complexity index is 744. The van der Waals surface area contributed by atoms with Gasteiger partial charge in [-0.15, -0.1) is 0 Å². The van der Waals surface area contributed by atoms with Crippen molar-refractivity contribution in [1.82, 2.24) is 5.32 Å². The third-order valence-electron chi connectivity index (χ3n) is 9.50. The van der Waals surface area contributed by atoms with E-state index >= 15 is 0 Å². The van der Waals surface area contributed by atoms with Gasteiger partial charge in [-0.1, -0.05) is 24.2 Å². The van der Waals surface area contributed by atoms with Crippen LogP contribution in [-0.4, -0.2) is 41.6 Å². The zero-order valence-electron chi connectivity index (χ0n) is 17.8. The first-order valence-corrected chi connectivity index (χ1v) is 11.6. The number of oxime groups is 2. The predicted octanol–water partition coefficient (Wildman–Crippen LogP) is 3.77. The first kappa shape index (κ1) is 19.5. The van der Waals surface area contributed by atoms with Crippen molar-refractivity contribution < 1.29 is 14.8 Å². The molecule has 4 aliphatic carbocycles. The molecule has 6 heteroatoms. The number of hydrogen-bond donors (Lipinski definition) is 2. The lowest BCUT2D eigenvalue weighted by Gasteiger charge is -2.59. The normalized spacial score (nSPS) is 49.7. The van der Waals surface area contributed by atoms with Crippen LogP contribution in [0.2, 0.25) is 0 Å². The second kappa shape index (κ2) is 7.07. The van der Waals surface area contributed by atoms with Crippen LogP contribution >= 0.6 is 0 Å². The second-order valence-electron chi connectivity index (χ2n) is 10.7. The maximum Gasteiger partial charge on any atom is 0.141 e. The fourth-order valence-electron chi connectivity index (χ4n) is 7.71. The SMILES string of the molecule is C[C@]12CC/C(=N\O[C@@H]3CCNC3)C[C@@H]1/C(=N/O)C[C@@H]1[C@@H]2CC[C@]2(C)C(=O)CC[C@@H]12. The van der Waals surface area contributed by atoms with Crippen LogP contribution in [0.3, 0.4) is 0 Å². The third-order valence-corrected chi connectivity index (χ3v) is 9.50. The summed E-state index contributed by atoms with van der Waals surface area (Å²) in [6.45, 7) is 6.50. The van der Waals surface area contributed by atoms with Gasteiger partial charge in [-0.3, -0.25) is 4.79 Å². The average molecular weight is 402 g/mol. The van der Waals surface area contributed by atoms with Gasteiger partial charge in [0.25, 0.3) is 0 Å². The molecule has 7 atom stereocenters. The molecule has 1 saturated heterocycles. The summed E-state index contributed by atoms with van der Waals surface area (Å²) in [6, 6.07) is 0. The van der Waals surface area contributed by atoms with Crippen LogP contribution in [0.15, 0.2) is 10.3 Å². The molecule has 160 valence electrons. The maximum atomic E-state index is 12.6. The zero-order chi connectivity index (χ0) is 20.2. The molecule has 0 radical (unpaired) electrons. The van der Waals surface area contributed by atoms with Crippen LogP contribution in [0, 0.1) is 34.5 Å². The highest BCUT2D eigenvalue weighted by molar-refractivity contribution is 5.96. The van der Waals surface area contributed by atoms with Crippen molar-refractivity contribution in [3.63, 3.8) is 0 Å². The van der Waals surface area contributed by atoms with Crippen LogP contribution in [0.1, 0.15) is 71.6 Å². The summed E-state index contributed by atoms with van der Waals surface area (Å²) in [5, 5.41) is 21.6. The Balaban J connectivity index is 1.38. The molecule has 4 saturated carbocycles. The summed E-state index contributed by atoms with van der Waals surface area (Å²) in [7, 11) is 0. The fourth-order valence-corrected chi connectivity index (χ4v) is 7.71. The molecule has 2 N–H and O–H groups in total. The van der Waals surface area contributed by atoms with Gasteiger partial charge in [0.1, 0.15) is 11.9 Å². The topological polar surface area (TPSA) is 83.3 Å². The fraction of sp³-hybridized carbons (Fsp3) is 0.870. The molecule has 0 bridgehead atoms. The number of fused-ring (bicyclic) bond motifs is 5. The number of rotatable bonds is 2. The smallest absolute Gasteiger partial charge is 0.141 e. The number of carbonyl (C=O) groups excluding carboxylic acids is 1. The number of nitrogens with one attached hydrogen (secondary N) is 1. The van der Waals surface area contributed by atoms with Crippen LogP contribution in [0.5, 0.6) is 0 Å². The predicted molar refractivity (Wildman–Crippen MR) is 111 cm³/mol. The Hall–Kier alpha value is -1.43. The summed E-state index contributed by atoms with van der Waals surface area (Å²) in [5.41, 5.74) is 2.05. The molecule has 0 unspecified atom stereocenters. The molecule has 0 spiro atoms. The van der Waals surface area contributed by atoms with Gasteiger partial charge in [0.05, 0.1) is 11.4 Å². The van der Waals surface area contributed by atoms with Crippen LogP contribution in [0.25, 0.3) is 0 Å². The van der Waals surface area contributed by atoms with Crippen LogP contribution in [-0.2, 0) is 9.63 Å². The maximum absolute atomic E-state index is 12.6. The van der Waals surface area contributed by atoms with Crippen LogP contribution in [0.4, 0.5) is 0 Å². The number of ketones is 1. The van der Waals surface area contributed by atoms with Crippen molar-refractivity contribution in [3.05, 3.63) is 0 Å². The Kier molecular flexibility index (Phi) is 4.76. The number of Topliss-reactive ketones (excluding diaryl/α,β-unsaturated/α-hetero) is 1. The highest BCUT2D eigenvalue weighted by atomic mass is 16.6. The number of nitrogens with zero attached hydrogens (tertiary/aromatic N) is 2. The molecule has 0 aromatic carbocycles. The van der Waals surface area contributed by atoms with Gasteiger partial charge in [0.15, 0.2) is 0 Å². The van der Waals surface area contributed by atoms with E-state index in [2.05, 4.69) is 29.5 Å². The minimum atomic E-state index is -0.143. The monoisotopic (exact) mass is 401 g/mol. The lowest BCUT2D eigenvalue weighted by molar-refractivity contribution is -0.133. The zero-order valence-corrected chi connectivity index (χ0v) is 17.8. The summed E-state index contributed by atoms with van der Waals surface area (Å²) in [4.78, 5) is 18.4. The van der Waals surface area contributed by atoms with E-state index in [0.29, 0.717) is 23.5 Å². The molecule has 29 heavy (non-hydrogen) atoms. The highest BCUT2D eigenvalue weighted by Crippen LogP contribution is 2.64. The molecule has 1 heterocycles. The van der Waals surface area contributed by atoms with Gasteiger partial charge in [-0.25, -0.2) is 0 Å². The van der Waals surface area contributed by atoms with E-state index in [-0.39, 0.29) is 22.9 Å². The van der Waals surface area contributed by atoms with Gasteiger partial charge < -0.3 is 15.4 Å². The molecular weight excluding hydrogens is 366 g/mol. The van der Waals surface area contributed by atoms with Crippen molar-refractivity contribution >= 4 is 17.2 Å². The van der Waals surface area contributed by atoms with E-state index in [1.807, 2.05) is 0 Å². The Morgan fingerprint density at radius 3 is 2.72 bits per heavy atom. The van der Waals surface area contributed by atoms with Gasteiger partial charge >= 0.3 is 0 Å². The molecule has 5 aliphatic rings. The molecule has 0 aromatic rings. The van der Waals surface area contributed by atoms with Crippen molar-refractivity contribution in [2.45, 2.75) is 77.7 Å². The molecule has 0 aromatic heterocycles. The Labute approximate surface area is 173 Å². The first-order valence-electron chi connectivity index (χ1n) is 11.6. The van der Waals surface area contributed by atoms with Gasteiger partial charge in [0.2, 0.25) is 0 Å². The molecule has 5 rings (SSSR count). The first-order chi connectivity index (χ1) is 14.0. The second-order valence-corrected chi connectivity index (χ2v) is 10.7. The van der Waals surface area contributed by atoms with Gasteiger partial charge in [0, 0.05) is 30.7 Å². The van der Waals surface area contributed by atoms with Crippen molar-refractivity contribution in [3.8, 4) is 0 Å². The highest BCUT2D eigenvalue weighted by Gasteiger charge is 2.61. The van der Waals surface area contributed by atoms with Gasteiger partial charge in [-0.2, -0.15) is 0 Å². The third kappa shape index (κ3) is 2.96. The molecule has 1 aliphatic heterocycles. The number of hydrogen-bond acceptors (Lipinski definition) is 6.